The van der Waals surface area contributed by atoms with E-state index in [-0.39, 0.29) is 24.1 Å². The van der Waals surface area contributed by atoms with Gasteiger partial charge in [-0.05, 0) is 44.0 Å². The van der Waals surface area contributed by atoms with Gasteiger partial charge in [-0.3, -0.25) is 9.69 Å². The van der Waals surface area contributed by atoms with Crippen LogP contribution in [0.15, 0.2) is 54.6 Å². The fraction of sp³-hybridized carbons (Fsp3) is 0.417. The van der Waals surface area contributed by atoms with Crippen molar-refractivity contribution in [3.63, 3.8) is 0 Å². The van der Waals surface area contributed by atoms with Crippen LogP contribution in [0.4, 0.5) is 0 Å². The Balaban J connectivity index is 1.78. The highest BCUT2D eigenvalue weighted by molar-refractivity contribution is 5.87. The molecule has 1 aliphatic rings. The number of benzene rings is 2. The number of rotatable bonds is 7. The SMILES string of the molecule is COC(=O)[C@H](Cc1ccc(O)cc1)NC(=O)[C@@H](C)N1[C@H](c2ccccc2)COC1(C)C. The predicted octanol–water partition coefficient (Wildman–Crippen LogP) is 2.79. The average molecular weight is 427 g/mol. The number of nitrogens with zero attached hydrogens (tertiary/aromatic N) is 1. The fourth-order valence-electron chi connectivity index (χ4n) is 4.10. The maximum Gasteiger partial charge on any atom is 0.328 e. The molecule has 0 bridgehead atoms. The summed E-state index contributed by atoms with van der Waals surface area (Å²) in [5.41, 5.74) is 1.23. The lowest BCUT2D eigenvalue weighted by atomic mass is 10.0. The number of phenolic OH excluding ortho intramolecular Hbond substituents is 1. The van der Waals surface area contributed by atoms with E-state index >= 15 is 0 Å². The summed E-state index contributed by atoms with van der Waals surface area (Å²) in [6, 6.07) is 15.0. The molecule has 2 aromatic rings. The topological polar surface area (TPSA) is 88.1 Å². The molecule has 31 heavy (non-hydrogen) atoms. The molecule has 1 aliphatic heterocycles. The maximum absolute atomic E-state index is 13.2. The van der Waals surface area contributed by atoms with Crippen molar-refractivity contribution < 1.29 is 24.2 Å². The van der Waals surface area contributed by atoms with Gasteiger partial charge in [-0.15, -0.1) is 0 Å². The van der Waals surface area contributed by atoms with Gasteiger partial charge in [0.15, 0.2) is 0 Å². The fourth-order valence-corrected chi connectivity index (χ4v) is 4.10. The molecule has 7 nitrogen and oxygen atoms in total. The molecule has 0 saturated carbocycles. The Labute approximate surface area is 183 Å². The van der Waals surface area contributed by atoms with Crippen LogP contribution in [0.3, 0.4) is 0 Å². The van der Waals surface area contributed by atoms with Crippen molar-refractivity contribution in [1.29, 1.82) is 0 Å². The van der Waals surface area contributed by atoms with Crippen LogP contribution in [0.25, 0.3) is 0 Å². The second-order valence-electron chi connectivity index (χ2n) is 8.22. The molecule has 1 saturated heterocycles. The molecule has 1 fully saturated rings. The predicted molar refractivity (Wildman–Crippen MR) is 116 cm³/mol. The second-order valence-corrected chi connectivity index (χ2v) is 8.22. The summed E-state index contributed by atoms with van der Waals surface area (Å²) in [6.45, 7) is 6.17. The van der Waals surface area contributed by atoms with Crippen molar-refractivity contribution in [1.82, 2.24) is 10.2 Å². The van der Waals surface area contributed by atoms with E-state index < -0.39 is 23.8 Å². The monoisotopic (exact) mass is 426 g/mol. The summed E-state index contributed by atoms with van der Waals surface area (Å²) in [4.78, 5) is 27.6. The maximum atomic E-state index is 13.2. The Bertz CT molecular complexity index is 898. The molecule has 3 atom stereocenters. The molecule has 0 aromatic heterocycles. The standard InChI is InChI=1S/C24H30N2O5/c1-16(26-21(15-31-24(26,2)3)18-8-6-5-7-9-18)22(28)25-20(23(29)30-4)14-17-10-12-19(27)13-11-17/h5-13,16,20-21,27H,14-15H2,1-4H3,(H,25,28)/t16-,20+,21+/m1/s1. The first-order valence-corrected chi connectivity index (χ1v) is 10.4. The van der Waals surface area contributed by atoms with Crippen molar-refractivity contribution >= 4 is 11.9 Å². The molecule has 0 unspecified atom stereocenters. The van der Waals surface area contributed by atoms with Gasteiger partial charge in [0.1, 0.15) is 17.5 Å². The molecule has 0 spiro atoms. The lowest BCUT2D eigenvalue weighted by Gasteiger charge is -2.38. The first kappa shape index (κ1) is 22.8. The van der Waals surface area contributed by atoms with Crippen molar-refractivity contribution in [2.75, 3.05) is 13.7 Å². The molecule has 2 N–H and O–H groups in total. The number of carbonyl (C=O) groups is 2. The lowest BCUT2D eigenvalue weighted by molar-refractivity contribution is -0.147. The molecule has 7 heteroatoms. The van der Waals surface area contributed by atoms with Gasteiger partial charge in [-0.1, -0.05) is 42.5 Å². The first-order valence-electron chi connectivity index (χ1n) is 10.4. The largest absolute Gasteiger partial charge is 0.508 e. The van der Waals surface area contributed by atoms with E-state index in [0.717, 1.165) is 11.1 Å². The number of nitrogens with one attached hydrogen (secondary N) is 1. The zero-order valence-corrected chi connectivity index (χ0v) is 18.4. The minimum Gasteiger partial charge on any atom is -0.508 e. The summed E-state index contributed by atoms with van der Waals surface area (Å²) >= 11 is 0. The lowest BCUT2D eigenvalue weighted by Crippen LogP contribution is -2.55. The zero-order chi connectivity index (χ0) is 22.6. The van der Waals surface area contributed by atoms with Crippen molar-refractivity contribution in [3.05, 3.63) is 65.7 Å². The van der Waals surface area contributed by atoms with Gasteiger partial charge in [-0.2, -0.15) is 0 Å². The summed E-state index contributed by atoms with van der Waals surface area (Å²) in [5.74, 6) is -0.668. The molecular weight excluding hydrogens is 396 g/mol. The number of phenols is 1. The second kappa shape index (κ2) is 9.49. The van der Waals surface area contributed by atoms with Crippen LogP contribution in [-0.4, -0.2) is 53.4 Å². The van der Waals surface area contributed by atoms with Crippen LogP contribution in [0.2, 0.25) is 0 Å². The number of amides is 1. The zero-order valence-electron chi connectivity index (χ0n) is 18.4. The van der Waals surface area contributed by atoms with Gasteiger partial charge in [0.2, 0.25) is 5.91 Å². The summed E-state index contributed by atoms with van der Waals surface area (Å²) < 4.78 is 10.9. The smallest absolute Gasteiger partial charge is 0.328 e. The van der Waals surface area contributed by atoms with E-state index in [0.29, 0.717) is 6.61 Å². The number of aromatic hydroxyl groups is 1. The number of ether oxygens (including phenoxy) is 2. The van der Waals surface area contributed by atoms with E-state index in [1.165, 1.54) is 7.11 Å². The van der Waals surface area contributed by atoms with Crippen LogP contribution in [-0.2, 0) is 25.5 Å². The van der Waals surface area contributed by atoms with Crippen LogP contribution >= 0.6 is 0 Å². The Morgan fingerprint density at radius 3 is 2.45 bits per heavy atom. The number of methoxy groups -OCH3 is 1. The highest BCUT2D eigenvalue weighted by Crippen LogP contribution is 2.38. The van der Waals surface area contributed by atoms with Gasteiger partial charge < -0.3 is 19.9 Å². The van der Waals surface area contributed by atoms with Gasteiger partial charge >= 0.3 is 5.97 Å². The highest BCUT2D eigenvalue weighted by Gasteiger charge is 2.46. The molecule has 3 rings (SSSR count). The summed E-state index contributed by atoms with van der Waals surface area (Å²) in [5, 5.41) is 12.3. The van der Waals surface area contributed by atoms with E-state index in [1.807, 2.05) is 56.0 Å². The van der Waals surface area contributed by atoms with E-state index in [4.69, 9.17) is 9.47 Å². The van der Waals surface area contributed by atoms with Crippen LogP contribution in [0, 0.1) is 0 Å². The van der Waals surface area contributed by atoms with Crippen LogP contribution in [0.5, 0.6) is 5.75 Å². The van der Waals surface area contributed by atoms with Gasteiger partial charge in [-0.25, -0.2) is 4.79 Å². The third-order valence-corrected chi connectivity index (χ3v) is 5.71. The first-order chi connectivity index (χ1) is 14.7. The minimum absolute atomic E-state index is 0.0781. The molecule has 1 amide bonds. The molecule has 0 radical (unpaired) electrons. The Morgan fingerprint density at radius 2 is 1.84 bits per heavy atom. The van der Waals surface area contributed by atoms with Gasteiger partial charge in [0.25, 0.3) is 0 Å². The number of hydrogen-bond acceptors (Lipinski definition) is 6. The van der Waals surface area contributed by atoms with Gasteiger partial charge in [0, 0.05) is 6.42 Å². The van der Waals surface area contributed by atoms with Crippen molar-refractivity contribution in [2.24, 2.45) is 0 Å². The number of carbonyl (C=O) groups excluding carboxylic acids is 2. The van der Waals surface area contributed by atoms with E-state index in [2.05, 4.69) is 5.32 Å². The van der Waals surface area contributed by atoms with Gasteiger partial charge in [0.05, 0.1) is 25.8 Å². The van der Waals surface area contributed by atoms with Crippen LogP contribution in [0.1, 0.15) is 37.9 Å². The third kappa shape index (κ3) is 5.24. The molecular formula is C24H30N2O5. The van der Waals surface area contributed by atoms with Crippen molar-refractivity contribution in [2.45, 2.75) is 51.0 Å². The highest BCUT2D eigenvalue weighted by atomic mass is 16.5. The molecule has 2 aromatic carbocycles. The minimum atomic E-state index is -0.841. The normalized spacial score (nSPS) is 20.1. The molecule has 166 valence electrons. The summed E-state index contributed by atoms with van der Waals surface area (Å²) in [6.07, 6.45) is 0.257. The number of esters is 1. The third-order valence-electron chi connectivity index (χ3n) is 5.71. The van der Waals surface area contributed by atoms with Crippen LogP contribution < -0.4 is 5.32 Å². The quantitative estimate of drug-likeness (QED) is 0.662. The molecule has 1 heterocycles. The Hall–Kier alpha value is -2.90. The molecule has 0 aliphatic carbocycles. The number of hydrogen-bond donors (Lipinski definition) is 2. The van der Waals surface area contributed by atoms with E-state index in [9.17, 15) is 14.7 Å². The average Bonchev–Trinajstić information content (AvgIpc) is 3.09. The Morgan fingerprint density at radius 1 is 1.19 bits per heavy atom. The summed E-state index contributed by atoms with van der Waals surface area (Å²) in [7, 11) is 1.30. The van der Waals surface area contributed by atoms with E-state index in [1.54, 1.807) is 24.3 Å². The van der Waals surface area contributed by atoms with Crippen molar-refractivity contribution in [3.8, 4) is 5.75 Å². The Kier molecular flexibility index (Phi) is 6.97.